The molecule has 1 aliphatic rings. The van der Waals surface area contributed by atoms with Crippen LogP contribution in [-0.4, -0.2) is 6.36 Å². The van der Waals surface area contributed by atoms with Gasteiger partial charge >= 0.3 is 6.36 Å². The molecule has 0 aliphatic heterocycles. The predicted molar refractivity (Wildman–Crippen MR) is 45.8 cm³/mol. The van der Waals surface area contributed by atoms with Gasteiger partial charge in [-0.05, 0) is 29.7 Å². The standard InChI is InChI=1S/C10H6F4O/c11-8-4-6-2-1-3-7(6)5-9(8)15-10(12,13)14/h1-2,4-5H,3H2. The van der Waals surface area contributed by atoms with Gasteiger partial charge in [0.25, 0.3) is 0 Å². The van der Waals surface area contributed by atoms with Crippen LogP contribution in [0.5, 0.6) is 5.75 Å². The van der Waals surface area contributed by atoms with Crippen LogP contribution in [0.2, 0.25) is 0 Å². The van der Waals surface area contributed by atoms with Gasteiger partial charge in [0.15, 0.2) is 11.6 Å². The van der Waals surface area contributed by atoms with E-state index in [0.29, 0.717) is 17.5 Å². The molecule has 0 spiro atoms. The van der Waals surface area contributed by atoms with Gasteiger partial charge in [-0.25, -0.2) is 4.39 Å². The maximum atomic E-state index is 13.1. The van der Waals surface area contributed by atoms with Gasteiger partial charge in [0.1, 0.15) is 0 Å². The lowest BCUT2D eigenvalue weighted by Gasteiger charge is -2.11. The number of rotatable bonds is 1. The molecular formula is C10H6F4O. The van der Waals surface area contributed by atoms with E-state index >= 15 is 0 Å². The van der Waals surface area contributed by atoms with Crippen LogP contribution in [0, 0.1) is 5.82 Å². The van der Waals surface area contributed by atoms with Gasteiger partial charge in [-0.3, -0.25) is 0 Å². The van der Waals surface area contributed by atoms with Gasteiger partial charge in [-0.1, -0.05) is 12.2 Å². The predicted octanol–water partition coefficient (Wildman–Crippen LogP) is 3.29. The second-order valence-electron chi connectivity index (χ2n) is 3.14. The van der Waals surface area contributed by atoms with E-state index in [-0.39, 0.29) is 0 Å². The summed E-state index contributed by atoms with van der Waals surface area (Å²) in [6, 6.07) is 2.12. The zero-order valence-corrected chi connectivity index (χ0v) is 7.44. The van der Waals surface area contributed by atoms with Crippen molar-refractivity contribution in [2.45, 2.75) is 12.8 Å². The normalized spacial score (nSPS) is 14.1. The Balaban J connectivity index is 2.35. The molecule has 0 atom stereocenters. The topological polar surface area (TPSA) is 9.23 Å². The quantitative estimate of drug-likeness (QED) is 0.657. The number of hydrogen-bond acceptors (Lipinski definition) is 1. The average molecular weight is 218 g/mol. The second kappa shape index (κ2) is 3.25. The van der Waals surface area contributed by atoms with Crippen LogP contribution in [0.25, 0.3) is 6.08 Å². The number of halogens is 4. The van der Waals surface area contributed by atoms with Crippen LogP contribution < -0.4 is 4.74 Å². The van der Waals surface area contributed by atoms with Crippen molar-refractivity contribution < 1.29 is 22.3 Å². The number of allylic oxidation sites excluding steroid dienone is 1. The lowest BCUT2D eigenvalue weighted by atomic mass is 10.1. The van der Waals surface area contributed by atoms with E-state index in [9.17, 15) is 17.6 Å². The van der Waals surface area contributed by atoms with Crippen LogP contribution in [0.3, 0.4) is 0 Å². The molecule has 0 N–H and O–H groups in total. The van der Waals surface area contributed by atoms with Crippen molar-refractivity contribution in [2.24, 2.45) is 0 Å². The second-order valence-corrected chi connectivity index (χ2v) is 3.14. The summed E-state index contributed by atoms with van der Waals surface area (Å²) in [5.74, 6) is -1.78. The zero-order chi connectivity index (χ0) is 11.1. The van der Waals surface area contributed by atoms with E-state index in [4.69, 9.17) is 0 Å². The summed E-state index contributed by atoms with van der Waals surface area (Å²) in [4.78, 5) is 0. The lowest BCUT2D eigenvalue weighted by molar-refractivity contribution is -0.275. The van der Waals surface area contributed by atoms with E-state index in [0.717, 1.165) is 12.1 Å². The Morgan fingerprint density at radius 1 is 1.20 bits per heavy atom. The summed E-state index contributed by atoms with van der Waals surface area (Å²) in [7, 11) is 0. The van der Waals surface area contributed by atoms with E-state index in [1.54, 1.807) is 12.2 Å². The molecule has 0 radical (unpaired) electrons. The average Bonchev–Trinajstić information content (AvgIpc) is 2.49. The monoisotopic (exact) mass is 218 g/mol. The van der Waals surface area contributed by atoms with E-state index in [1.807, 2.05) is 0 Å². The van der Waals surface area contributed by atoms with Crippen molar-refractivity contribution in [3.63, 3.8) is 0 Å². The molecule has 1 aliphatic carbocycles. The molecule has 0 bridgehead atoms. The molecular weight excluding hydrogens is 212 g/mol. The molecule has 0 aromatic heterocycles. The maximum Gasteiger partial charge on any atom is 0.573 e. The summed E-state index contributed by atoms with van der Waals surface area (Å²) in [6.07, 6.45) is -0.942. The highest BCUT2D eigenvalue weighted by Gasteiger charge is 2.32. The Morgan fingerprint density at radius 2 is 1.93 bits per heavy atom. The first kappa shape index (κ1) is 10.0. The number of alkyl halides is 3. The van der Waals surface area contributed by atoms with E-state index in [1.165, 1.54) is 0 Å². The van der Waals surface area contributed by atoms with Crippen molar-refractivity contribution in [1.82, 2.24) is 0 Å². The fourth-order valence-corrected chi connectivity index (χ4v) is 1.46. The highest BCUT2D eigenvalue weighted by atomic mass is 19.4. The van der Waals surface area contributed by atoms with Gasteiger partial charge in [0, 0.05) is 0 Å². The van der Waals surface area contributed by atoms with Gasteiger partial charge in [0.2, 0.25) is 0 Å². The third kappa shape index (κ3) is 2.11. The molecule has 1 aromatic rings. The SMILES string of the molecule is Fc1cc2c(cc1OC(F)(F)F)CC=C2. The van der Waals surface area contributed by atoms with Crippen LogP contribution in [0.15, 0.2) is 18.2 Å². The maximum absolute atomic E-state index is 13.1. The summed E-state index contributed by atoms with van der Waals surface area (Å²) < 4.78 is 52.3. The molecule has 0 fully saturated rings. The van der Waals surface area contributed by atoms with E-state index < -0.39 is 17.9 Å². The molecule has 1 aromatic carbocycles. The molecule has 5 heteroatoms. The minimum atomic E-state index is -4.86. The molecule has 0 saturated heterocycles. The van der Waals surface area contributed by atoms with Crippen LogP contribution in [0.1, 0.15) is 11.1 Å². The number of hydrogen-bond donors (Lipinski definition) is 0. The lowest BCUT2D eigenvalue weighted by Crippen LogP contribution is -2.18. The van der Waals surface area contributed by atoms with Gasteiger partial charge in [-0.15, -0.1) is 13.2 Å². The highest BCUT2D eigenvalue weighted by Crippen LogP contribution is 2.31. The first-order valence-corrected chi connectivity index (χ1v) is 4.20. The van der Waals surface area contributed by atoms with Crippen LogP contribution in [0.4, 0.5) is 17.6 Å². The minimum Gasteiger partial charge on any atom is -0.403 e. The molecule has 2 rings (SSSR count). The number of ether oxygens (including phenoxy) is 1. The summed E-state index contributed by atoms with van der Waals surface area (Å²) in [5.41, 5.74) is 1.23. The van der Waals surface area contributed by atoms with Crippen LogP contribution in [-0.2, 0) is 6.42 Å². The molecule has 1 nitrogen and oxygen atoms in total. The fraction of sp³-hybridized carbons (Fsp3) is 0.200. The van der Waals surface area contributed by atoms with Crippen molar-refractivity contribution in [3.8, 4) is 5.75 Å². The largest absolute Gasteiger partial charge is 0.573 e. The molecule has 0 unspecified atom stereocenters. The molecule has 15 heavy (non-hydrogen) atoms. The summed E-state index contributed by atoms with van der Waals surface area (Å²) in [5, 5.41) is 0. The smallest absolute Gasteiger partial charge is 0.403 e. The van der Waals surface area contributed by atoms with Gasteiger partial charge in [-0.2, -0.15) is 0 Å². The Labute approximate surface area is 83.0 Å². The van der Waals surface area contributed by atoms with E-state index in [2.05, 4.69) is 4.74 Å². The molecule has 0 amide bonds. The van der Waals surface area contributed by atoms with Crippen molar-refractivity contribution >= 4 is 6.08 Å². The minimum absolute atomic E-state index is 0.504. The third-order valence-electron chi connectivity index (χ3n) is 2.05. The molecule has 0 heterocycles. The fourth-order valence-electron chi connectivity index (χ4n) is 1.46. The van der Waals surface area contributed by atoms with Crippen molar-refractivity contribution in [1.29, 1.82) is 0 Å². The Hall–Kier alpha value is -1.52. The van der Waals surface area contributed by atoms with Crippen molar-refractivity contribution in [3.05, 3.63) is 35.2 Å². The Bertz CT molecular complexity index is 420. The molecule has 0 saturated carbocycles. The third-order valence-corrected chi connectivity index (χ3v) is 2.05. The van der Waals surface area contributed by atoms with Gasteiger partial charge < -0.3 is 4.74 Å². The Morgan fingerprint density at radius 3 is 2.60 bits per heavy atom. The van der Waals surface area contributed by atoms with Crippen molar-refractivity contribution in [2.75, 3.05) is 0 Å². The highest BCUT2D eigenvalue weighted by molar-refractivity contribution is 5.61. The zero-order valence-electron chi connectivity index (χ0n) is 7.44. The van der Waals surface area contributed by atoms with Crippen LogP contribution >= 0.6 is 0 Å². The number of fused-ring (bicyclic) bond motifs is 1. The first-order chi connectivity index (χ1) is 6.96. The summed E-state index contributed by atoms with van der Waals surface area (Å²) >= 11 is 0. The summed E-state index contributed by atoms with van der Waals surface area (Å²) in [6.45, 7) is 0. The molecule has 80 valence electrons. The Kier molecular flexibility index (Phi) is 2.17. The van der Waals surface area contributed by atoms with Gasteiger partial charge in [0.05, 0.1) is 0 Å². The number of benzene rings is 1. The first-order valence-electron chi connectivity index (χ1n) is 4.20.